The van der Waals surface area contributed by atoms with Crippen LogP contribution in [0.1, 0.15) is 55.4 Å². The zero-order valence-corrected chi connectivity index (χ0v) is 19.3. The summed E-state index contributed by atoms with van der Waals surface area (Å²) in [6.45, 7) is 6.24. The van der Waals surface area contributed by atoms with Gasteiger partial charge in [0, 0.05) is 42.1 Å². The Balaban J connectivity index is 1.63. The average molecular weight is 446 g/mol. The van der Waals surface area contributed by atoms with Crippen LogP contribution in [0.2, 0.25) is 0 Å². The van der Waals surface area contributed by atoms with E-state index in [0.29, 0.717) is 18.5 Å². The highest BCUT2D eigenvalue weighted by molar-refractivity contribution is 6.07. The number of amides is 2. The molecule has 0 saturated heterocycles. The van der Waals surface area contributed by atoms with Crippen molar-refractivity contribution in [3.05, 3.63) is 69.9 Å². The van der Waals surface area contributed by atoms with Gasteiger partial charge in [-0.3, -0.25) is 9.79 Å². The number of imide groups is 1. The Morgan fingerprint density at radius 1 is 1.15 bits per heavy atom. The third-order valence-corrected chi connectivity index (χ3v) is 6.19. The molecule has 7 heteroatoms. The van der Waals surface area contributed by atoms with Gasteiger partial charge in [0.05, 0.1) is 13.7 Å². The van der Waals surface area contributed by atoms with Crippen molar-refractivity contribution in [1.82, 2.24) is 4.90 Å². The molecule has 0 bridgehead atoms. The predicted molar refractivity (Wildman–Crippen MR) is 126 cm³/mol. The molecule has 0 radical (unpaired) electrons. The van der Waals surface area contributed by atoms with Crippen LogP contribution in [0.15, 0.2) is 52.7 Å². The van der Waals surface area contributed by atoms with Crippen LogP contribution in [0.5, 0.6) is 5.75 Å². The van der Waals surface area contributed by atoms with Gasteiger partial charge in [-0.1, -0.05) is 18.2 Å². The van der Waals surface area contributed by atoms with Crippen LogP contribution < -0.4 is 10.1 Å². The Kier molecular flexibility index (Phi) is 5.00. The van der Waals surface area contributed by atoms with Gasteiger partial charge in [0.2, 0.25) is 0 Å². The number of nitrogens with zero attached hydrogens (tertiary/aromatic N) is 2. The summed E-state index contributed by atoms with van der Waals surface area (Å²) in [6.07, 6.45) is 1.81. The summed E-state index contributed by atoms with van der Waals surface area (Å²) in [4.78, 5) is 32.3. The van der Waals surface area contributed by atoms with Crippen molar-refractivity contribution in [3.63, 3.8) is 0 Å². The monoisotopic (exact) mass is 445 g/mol. The van der Waals surface area contributed by atoms with Crippen LogP contribution >= 0.6 is 0 Å². The standard InChI is InChI=1S/C26H27N3O4/c1-26(2,3)33-25(31)29-12-11-20-23(24(29)30)21(15-5-8-17(32-4)9-6-15)22-18-14-27-13-16(18)7-10-19(22)28-20/h5-10,13,21,28H,11-12,14H2,1-4H3. The summed E-state index contributed by atoms with van der Waals surface area (Å²) < 4.78 is 10.9. The van der Waals surface area contributed by atoms with Crippen molar-refractivity contribution in [3.8, 4) is 5.75 Å². The first-order valence-electron chi connectivity index (χ1n) is 11.1. The molecule has 1 N–H and O–H groups in total. The molecule has 2 aromatic carbocycles. The molecule has 2 amide bonds. The number of nitrogens with one attached hydrogen (secondary N) is 1. The molecule has 3 heterocycles. The molecule has 3 aliphatic rings. The average Bonchev–Trinajstić information content (AvgIpc) is 3.26. The second-order valence-electron chi connectivity index (χ2n) is 9.47. The minimum absolute atomic E-state index is 0.276. The molecule has 33 heavy (non-hydrogen) atoms. The SMILES string of the molecule is COc1ccc(C2C3=C(CCN(C(=O)OC(C)(C)C)C3=O)Nc3ccc4c(c32)CN=C4)cc1. The van der Waals surface area contributed by atoms with Gasteiger partial charge in [-0.2, -0.15) is 0 Å². The Labute approximate surface area is 193 Å². The van der Waals surface area contributed by atoms with E-state index in [1.807, 2.05) is 30.5 Å². The van der Waals surface area contributed by atoms with Gasteiger partial charge in [-0.25, -0.2) is 9.69 Å². The molecule has 7 nitrogen and oxygen atoms in total. The zero-order chi connectivity index (χ0) is 23.3. The number of hydrogen-bond acceptors (Lipinski definition) is 6. The molecule has 0 spiro atoms. The van der Waals surface area contributed by atoms with Crippen molar-refractivity contribution in [2.24, 2.45) is 4.99 Å². The van der Waals surface area contributed by atoms with E-state index in [0.717, 1.165) is 39.4 Å². The van der Waals surface area contributed by atoms with Crippen LogP contribution in [0.3, 0.4) is 0 Å². The smallest absolute Gasteiger partial charge is 0.417 e. The quantitative estimate of drug-likeness (QED) is 0.730. The highest BCUT2D eigenvalue weighted by Gasteiger charge is 2.42. The third kappa shape index (κ3) is 3.67. The van der Waals surface area contributed by atoms with Crippen molar-refractivity contribution < 1.29 is 19.1 Å². The molecule has 3 aliphatic heterocycles. The lowest BCUT2D eigenvalue weighted by Crippen LogP contribution is -2.47. The Bertz CT molecular complexity index is 1210. The normalized spacial score (nSPS) is 19.0. The van der Waals surface area contributed by atoms with E-state index in [1.165, 1.54) is 4.90 Å². The lowest BCUT2D eigenvalue weighted by molar-refractivity contribution is -0.127. The molecule has 1 unspecified atom stereocenters. The van der Waals surface area contributed by atoms with Crippen molar-refractivity contribution in [1.29, 1.82) is 0 Å². The van der Waals surface area contributed by atoms with Crippen LogP contribution in [0.4, 0.5) is 10.5 Å². The van der Waals surface area contributed by atoms with Crippen molar-refractivity contribution in [2.45, 2.75) is 45.3 Å². The fraction of sp³-hybridized carbons (Fsp3) is 0.346. The third-order valence-electron chi connectivity index (χ3n) is 6.19. The summed E-state index contributed by atoms with van der Waals surface area (Å²) in [7, 11) is 1.63. The molecule has 0 aromatic heterocycles. The van der Waals surface area contributed by atoms with Gasteiger partial charge in [0.15, 0.2) is 0 Å². The summed E-state index contributed by atoms with van der Waals surface area (Å²) >= 11 is 0. The Morgan fingerprint density at radius 2 is 1.91 bits per heavy atom. The van der Waals surface area contributed by atoms with Crippen molar-refractivity contribution in [2.75, 3.05) is 19.0 Å². The van der Waals surface area contributed by atoms with E-state index in [-0.39, 0.29) is 18.4 Å². The van der Waals surface area contributed by atoms with Gasteiger partial charge in [0.25, 0.3) is 5.91 Å². The van der Waals surface area contributed by atoms with Crippen LogP contribution in [0.25, 0.3) is 0 Å². The number of fused-ring (bicyclic) bond motifs is 3. The van der Waals surface area contributed by atoms with Crippen LogP contribution in [-0.4, -0.2) is 42.4 Å². The van der Waals surface area contributed by atoms with Crippen molar-refractivity contribution >= 4 is 23.9 Å². The molecule has 170 valence electrons. The van der Waals surface area contributed by atoms with Gasteiger partial charge in [-0.05, 0) is 61.2 Å². The topological polar surface area (TPSA) is 80.2 Å². The zero-order valence-electron chi connectivity index (χ0n) is 19.3. The molecular formula is C26H27N3O4. The number of methoxy groups -OCH3 is 1. The summed E-state index contributed by atoms with van der Waals surface area (Å²) in [5.74, 6) is 0.103. The fourth-order valence-corrected chi connectivity index (χ4v) is 4.74. The van der Waals surface area contributed by atoms with E-state index in [1.54, 1.807) is 27.9 Å². The van der Waals surface area contributed by atoms with Gasteiger partial charge < -0.3 is 14.8 Å². The van der Waals surface area contributed by atoms with Crippen LogP contribution in [0, 0.1) is 0 Å². The minimum Gasteiger partial charge on any atom is -0.497 e. The van der Waals surface area contributed by atoms with Gasteiger partial charge in [-0.15, -0.1) is 0 Å². The second kappa shape index (κ2) is 7.76. The molecule has 0 fully saturated rings. The molecule has 0 saturated carbocycles. The molecule has 0 aliphatic carbocycles. The number of anilines is 1. The van der Waals surface area contributed by atoms with E-state index in [2.05, 4.69) is 22.4 Å². The molecule has 1 atom stereocenters. The minimum atomic E-state index is -0.684. The highest BCUT2D eigenvalue weighted by Crippen LogP contribution is 2.47. The van der Waals surface area contributed by atoms with E-state index in [9.17, 15) is 9.59 Å². The highest BCUT2D eigenvalue weighted by atomic mass is 16.6. The number of ether oxygens (including phenoxy) is 2. The second-order valence-corrected chi connectivity index (χ2v) is 9.47. The van der Waals surface area contributed by atoms with E-state index in [4.69, 9.17) is 9.47 Å². The number of aliphatic imine (C=N–C) groups is 1. The van der Waals surface area contributed by atoms with E-state index >= 15 is 0 Å². The fourth-order valence-electron chi connectivity index (χ4n) is 4.74. The van der Waals surface area contributed by atoms with E-state index < -0.39 is 11.7 Å². The number of hydrogen-bond donors (Lipinski definition) is 1. The number of carbonyl (C=O) groups is 2. The Hall–Kier alpha value is -3.61. The Morgan fingerprint density at radius 3 is 2.61 bits per heavy atom. The number of rotatable bonds is 2. The maximum Gasteiger partial charge on any atom is 0.417 e. The van der Waals surface area contributed by atoms with Gasteiger partial charge in [0.1, 0.15) is 11.4 Å². The number of carbonyl (C=O) groups excluding carboxylic acids is 2. The summed E-state index contributed by atoms with van der Waals surface area (Å²) in [5.41, 5.74) is 5.91. The molecule has 5 rings (SSSR count). The summed E-state index contributed by atoms with van der Waals surface area (Å²) in [5, 5.41) is 3.49. The summed E-state index contributed by atoms with van der Waals surface area (Å²) in [6, 6.07) is 11.9. The lowest BCUT2D eigenvalue weighted by atomic mass is 9.76. The largest absolute Gasteiger partial charge is 0.497 e. The maximum atomic E-state index is 13.8. The van der Waals surface area contributed by atoms with Gasteiger partial charge >= 0.3 is 6.09 Å². The first kappa shape index (κ1) is 21.2. The van der Waals surface area contributed by atoms with Crippen LogP contribution in [-0.2, 0) is 16.1 Å². The first-order chi connectivity index (χ1) is 15.8. The lowest BCUT2D eigenvalue weighted by Gasteiger charge is -2.38. The molecule has 2 aromatic rings. The maximum absolute atomic E-state index is 13.8. The number of benzene rings is 2. The predicted octanol–water partition coefficient (Wildman–Crippen LogP) is 4.61. The molecular weight excluding hydrogens is 418 g/mol. The first-order valence-corrected chi connectivity index (χ1v) is 11.1.